The fraction of sp³-hybridized carbons (Fsp3) is 0.316. The van der Waals surface area contributed by atoms with Crippen LogP contribution in [0.25, 0.3) is 0 Å². The molecule has 0 radical (unpaired) electrons. The van der Waals surface area contributed by atoms with E-state index in [1.54, 1.807) is 6.92 Å². The van der Waals surface area contributed by atoms with Crippen LogP contribution >= 0.6 is 22.9 Å². The summed E-state index contributed by atoms with van der Waals surface area (Å²) in [7, 11) is -3.56. The molecule has 2 aromatic rings. The van der Waals surface area contributed by atoms with E-state index in [0.29, 0.717) is 10.6 Å². The second-order valence-corrected chi connectivity index (χ2v) is 9.84. The second-order valence-electron chi connectivity index (χ2n) is 6.27. The van der Waals surface area contributed by atoms with E-state index >= 15 is 0 Å². The lowest BCUT2D eigenvalue weighted by molar-refractivity contribution is -0.116. The van der Waals surface area contributed by atoms with Gasteiger partial charge in [-0.15, -0.1) is 11.3 Å². The number of carbonyl (C=O) groups excluding carboxylic acids is 3. The predicted octanol–water partition coefficient (Wildman–Crippen LogP) is 3.18. The van der Waals surface area contributed by atoms with Gasteiger partial charge in [-0.05, 0) is 50.1 Å². The van der Waals surface area contributed by atoms with Gasteiger partial charge in [0.1, 0.15) is 9.88 Å². The molecule has 8 nitrogen and oxygen atoms in total. The predicted molar refractivity (Wildman–Crippen MR) is 115 cm³/mol. The van der Waals surface area contributed by atoms with Crippen LogP contribution in [0.3, 0.4) is 0 Å². The number of amides is 2. The number of anilines is 1. The zero-order chi connectivity index (χ0) is 22.5. The molecular weight excluding hydrogens is 452 g/mol. The minimum absolute atomic E-state index is 0.0326. The Kier molecular flexibility index (Phi) is 7.99. The summed E-state index contributed by atoms with van der Waals surface area (Å²) in [6, 6.07) is 5.77. The number of hydrogen-bond acceptors (Lipinski definition) is 7. The Morgan fingerprint density at radius 2 is 1.83 bits per heavy atom. The van der Waals surface area contributed by atoms with Gasteiger partial charge in [-0.25, -0.2) is 13.2 Å². The Morgan fingerprint density at radius 3 is 2.40 bits per heavy atom. The molecule has 0 spiro atoms. The SMILES string of the molecule is CCOC(=O)c1sc(NC(=O)CCCS(=O)(=O)c2ccc(Cl)cc2)c(C(N)=O)c1C. The third-order valence-corrected chi connectivity index (χ3v) is 7.35. The van der Waals surface area contributed by atoms with E-state index < -0.39 is 27.6 Å². The molecule has 162 valence electrons. The first kappa shape index (κ1) is 23.8. The number of sulfone groups is 1. The normalized spacial score (nSPS) is 11.2. The molecule has 0 saturated heterocycles. The third-order valence-electron chi connectivity index (χ3n) is 4.10. The summed E-state index contributed by atoms with van der Waals surface area (Å²) in [5, 5.41) is 3.10. The molecule has 0 bridgehead atoms. The fourth-order valence-electron chi connectivity index (χ4n) is 2.66. The zero-order valence-corrected chi connectivity index (χ0v) is 18.7. The maximum Gasteiger partial charge on any atom is 0.348 e. The van der Waals surface area contributed by atoms with Crippen molar-refractivity contribution in [2.24, 2.45) is 5.73 Å². The van der Waals surface area contributed by atoms with Gasteiger partial charge < -0.3 is 15.8 Å². The molecule has 2 amide bonds. The van der Waals surface area contributed by atoms with Gasteiger partial charge >= 0.3 is 5.97 Å². The minimum atomic E-state index is -3.56. The summed E-state index contributed by atoms with van der Waals surface area (Å²) >= 11 is 6.65. The summed E-state index contributed by atoms with van der Waals surface area (Å²) in [4.78, 5) is 36.4. The highest BCUT2D eigenvalue weighted by molar-refractivity contribution is 7.91. The van der Waals surface area contributed by atoms with Crippen LogP contribution in [-0.2, 0) is 19.4 Å². The standard InChI is InChI=1S/C19H21ClN2O6S2/c1-3-28-19(25)16-11(2)15(17(21)24)18(29-16)22-14(23)5-4-10-30(26,27)13-8-6-12(20)7-9-13/h6-9H,3-5,10H2,1-2H3,(H2,21,24)(H,22,23). The van der Waals surface area contributed by atoms with E-state index in [0.717, 1.165) is 11.3 Å². The lowest BCUT2D eigenvalue weighted by Gasteiger charge is -2.06. The van der Waals surface area contributed by atoms with E-state index in [4.69, 9.17) is 22.1 Å². The number of esters is 1. The summed E-state index contributed by atoms with van der Waals surface area (Å²) in [5.41, 5.74) is 5.74. The van der Waals surface area contributed by atoms with Crippen molar-refractivity contribution in [2.75, 3.05) is 17.7 Å². The molecule has 0 aliphatic heterocycles. The quantitative estimate of drug-likeness (QED) is 0.538. The van der Waals surface area contributed by atoms with Crippen molar-refractivity contribution in [3.05, 3.63) is 45.3 Å². The number of thiophene rings is 1. The first-order chi connectivity index (χ1) is 14.1. The molecule has 1 aromatic heterocycles. The monoisotopic (exact) mass is 472 g/mol. The van der Waals surface area contributed by atoms with Gasteiger partial charge in [0.2, 0.25) is 5.91 Å². The largest absolute Gasteiger partial charge is 0.462 e. The number of carbonyl (C=O) groups is 3. The smallest absolute Gasteiger partial charge is 0.348 e. The first-order valence-corrected chi connectivity index (χ1v) is 11.8. The summed E-state index contributed by atoms with van der Waals surface area (Å²) in [6.07, 6.45) is -0.0332. The molecule has 0 unspecified atom stereocenters. The van der Waals surface area contributed by atoms with Gasteiger partial charge in [-0.3, -0.25) is 9.59 Å². The van der Waals surface area contributed by atoms with Gasteiger partial charge in [-0.1, -0.05) is 11.6 Å². The number of nitrogens with one attached hydrogen (secondary N) is 1. The summed E-state index contributed by atoms with van der Waals surface area (Å²) < 4.78 is 29.6. The number of ether oxygens (including phenoxy) is 1. The minimum Gasteiger partial charge on any atom is -0.462 e. The van der Waals surface area contributed by atoms with Crippen molar-refractivity contribution >= 4 is 55.6 Å². The third kappa shape index (κ3) is 5.80. The van der Waals surface area contributed by atoms with E-state index in [1.165, 1.54) is 31.2 Å². The highest BCUT2D eigenvalue weighted by atomic mass is 35.5. The van der Waals surface area contributed by atoms with Crippen molar-refractivity contribution in [1.82, 2.24) is 0 Å². The maximum atomic E-state index is 12.3. The molecule has 0 aliphatic rings. The lowest BCUT2D eigenvalue weighted by Crippen LogP contribution is -2.18. The summed E-state index contributed by atoms with van der Waals surface area (Å²) in [6.45, 7) is 3.35. The van der Waals surface area contributed by atoms with Crippen LogP contribution in [-0.4, -0.2) is 38.6 Å². The van der Waals surface area contributed by atoms with E-state index in [1.807, 2.05) is 0 Å². The van der Waals surface area contributed by atoms with Crippen LogP contribution < -0.4 is 11.1 Å². The molecule has 1 aromatic carbocycles. The maximum absolute atomic E-state index is 12.3. The molecule has 11 heteroatoms. The molecule has 0 aliphatic carbocycles. The number of hydrogen-bond donors (Lipinski definition) is 2. The van der Waals surface area contributed by atoms with Crippen LogP contribution in [0.4, 0.5) is 5.00 Å². The Hall–Kier alpha value is -2.43. The first-order valence-electron chi connectivity index (χ1n) is 8.95. The molecule has 0 fully saturated rings. The fourth-order valence-corrected chi connectivity index (χ4v) is 5.22. The molecular formula is C19H21ClN2O6S2. The van der Waals surface area contributed by atoms with Crippen LogP contribution in [0.5, 0.6) is 0 Å². The Balaban J connectivity index is 2.05. The molecule has 3 N–H and O–H groups in total. The van der Waals surface area contributed by atoms with Gasteiger partial charge in [-0.2, -0.15) is 0 Å². The zero-order valence-electron chi connectivity index (χ0n) is 16.4. The molecule has 1 heterocycles. The highest BCUT2D eigenvalue weighted by Gasteiger charge is 2.25. The van der Waals surface area contributed by atoms with Crippen molar-refractivity contribution in [3.8, 4) is 0 Å². The lowest BCUT2D eigenvalue weighted by atomic mass is 10.1. The average molecular weight is 473 g/mol. The van der Waals surface area contributed by atoms with E-state index in [2.05, 4.69) is 5.32 Å². The molecule has 0 saturated carbocycles. The average Bonchev–Trinajstić information content (AvgIpc) is 2.98. The Labute approximate surface area is 183 Å². The van der Waals surface area contributed by atoms with Crippen LogP contribution in [0.2, 0.25) is 5.02 Å². The van der Waals surface area contributed by atoms with Gasteiger partial charge in [0, 0.05) is 11.4 Å². The highest BCUT2D eigenvalue weighted by Crippen LogP contribution is 2.33. The van der Waals surface area contributed by atoms with Crippen molar-refractivity contribution in [3.63, 3.8) is 0 Å². The number of nitrogens with two attached hydrogens (primary N) is 1. The van der Waals surface area contributed by atoms with Crippen LogP contribution in [0.1, 0.15) is 45.4 Å². The Bertz CT molecular complexity index is 1060. The van der Waals surface area contributed by atoms with E-state index in [-0.39, 0.29) is 45.5 Å². The molecule has 0 atom stereocenters. The van der Waals surface area contributed by atoms with Crippen molar-refractivity contribution < 1.29 is 27.5 Å². The van der Waals surface area contributed by atoms with Crippen molar-refractivity contribution in [2.45, 2.75) is 31.6 Å². The Morgan fingerprint density at radius 1 is 1.20 bits per heavy atom. The van der Waals surface area contributed by atoms with Gasteiger partial charge in [0.25, 0.3) is 5.91 Å². The number of benzene rings is 1. The number of halogens is 1. The van der Waals surface area contributed by atoms with Crippen molar-refractivity contribution in [1.29, 1.82) is 0 Å². The topological polar surface area (TPSA) is 133 Å². The van der Waals surface area contributed by atoms with Gasteiger partial charge in [0.05, 0.1) is 22.8 Å². The molecule has 2 rings (SSSR count). The number of primary amides is 1. The molecule has 30 heavy (non-hydrogen) atoms. The van der Waals surface area contributed by atoms with Gasteiger partial charge in [0.15, 0.2) is 9.84 Å². The second kappa shape index (κ2) is 10.1. The van der Waals surface area contributed by atoms with Crippen LogP contribution in [0.15, 0.2) is 29.2 Å². The number of rotatable bonds is 9. The van der Waals surface area contributed by atoms with Crippen LogP contribution in [0, 0.1) is 6.92 Å². The summed E-state index contributed by atoms with van der Waals surface area (Å²) in [5.74, 6) is -2.14. The van der Waals surface area contributed by atoms with E-state index in [9.17, 15) is 22.8 Å².